The van der Waals surface area contributed by atoms with E-state index in [1.54, 1.807) is 12.1 Å². The standard InChI is InChI=1S/C30H32F6N4O5S/c1-19-8-6-7-9-23(19)24-17-26(39-10-12-40(13-11-39)46(5,42)43)37-18-25(24)38(4)27(41)28(2,3)20-14-21(44-29(31,32)33)16-22(15-20)45-30(34,35)36/h6-9,14-18H,10-13H2,1-5H3. The van der Waals surface area contributed by atoms with Crippen LogP contribution in [0, 0.1) is 6.92 Å². The van der Waals surface area contributed by atoms with Crippen molar-refractivity contribution >= 4 is 27.4 Å². The maximum absolute atomic E-state index is 14.0. The first kappa shape index (κ1) is 34.8. The third kappa shape index (κ3) is 8.20. The molecule has 1 aliphatic heterocycles. The van der Waals surface area contributed by atoms with Gasteiger partial charge in [0.1, 0.15) is 17.3 Å². The number of carbonyl (C=O) groups excluding carboxylic acids is 1. The fourth-order valence-electron chi connectivity index (χ4n) is 5.19. The van der Waals surface area contributed by atoms with Crippen LogP contribution in [0.3, 0.4) is 0 Å². The molecule has 0 bridgehead atoms. The Morgan fingerprint density at radius 2 is 1.41 bits per heavy atom. The second-order valence-corrected chi connectivity index (χ2v) is 13.3. The Balaban J connectivity index is 1.74. The summed E-state index contributed by atoms with van der Waals surface area (Å²) in [5.41, 5.74) is 0.586. The predicted octanol–water partition coefficient (Wildman–Crippen LogP) is 5.88. The van der Waals surface area contributed by atoms with Gasteiger partial charge in [0.15, 0.2) is 0 Å². The molecule has 9 nitrogen and oxygen atoms in total. The summed E-state index contributed by atoms with van der Waals surface area (Å²) in [7, 11) is -1.93. The summed E-state index contributed by atoms with van der Waals surface area (Å²) in [6.07, 6.45) is -7.84. The summed E-state index contributed by atoms with van der Waals surface area (Å²) in [5, 5.41) is 0. The highest BCUT2D eigenvalue weighted by atomic mass is 32.2. The number of aromatic nitrogens is 1. The summed E-state index contributed by atoms with van der Waals surface area (Å²) in [5.74, 6) is -2.13. The van der Waals surface area contributed by atoms with Gasteiger partial charge in [-0.05, 0) is 55.7 Å². The van der Waals surface area contributed by atoms with E-state index in [2.05, 4.69) is 14.5 Å². The molecule has 0 atom stereocenters. The second kappa shape index (κ2) is 12.6. The van der Waals surface area contributed by atoms with Crippen molar-refractivity contribution in [3.8, 4) is 22.6 Å². The van der Waals surface area contributed by atoms with Gasteiger partial charge in [0.2, 0.25) is 15.9 Å². The van der Waals surface area contributed by atoms with Crippen LogP contribution in [0.5, 0.6) is 11.5 Å². The number of aryl methyl sites for hydroxylation is 1. The molecule has 4 rings (SSSR count). The summed E-state index contributed by atoms with van der Waals surface area (Å²) < 4.78 is 111. The minimum absolute atomic E-state index is 0.226. The van der Waals surface area contributed by atoms with E-state index in [4.69, 9.17) is 0 Å². The Bertz CT molecular complexity index is 1670. The fraction of sp³-hybridized carbons (Fsp3) is 0.400. The average Bonchev–Trinajstić information content (AvgIpc) is 2.94. The highest BCUT2D eigenvalue weighted by Gasteiger charge is 2.38. The summed E-state index contributed by atoms with van der Waals surface area (Å²) >= 11 is 0. The first-order valence-electron chi connectivity index (χ1n) is 13.9. The minimum Gasteiger partial charge on any atom is -0.406 e. The number of halogens is 6. The molecular weight excluding hydrogens is 642 g/mol. The molecule has 2 heterocycles. The number of pyridine rings is 1. The lowest BCUT2D eigenvalue weighted by Crippen LogP contribution is -2.48. The van der Waals surface area contributed by atoms with Crippen molar-refractivity contribution in [2.75, 3.05) is 49.3 Å². The Morgan fingerprint density at radius 3 is 1.91 bits per heavy atom. The Hall–Kier alpha value is -4.05. The SMILES string of the molecule is Cc1ccccc1-c1cc(N2CCN(S(C)(=O)=O)CC2)ncc1N(C)C(=O)C(C)(C)c1cc(OC(F)(F)F)cc(OC(F)(F)F)c1. The number of ether oxygens (including phenoxy) is 2. The summed E-state index contributed by atoms with van der Waals surface area (Å²) in [6, 6.07) is 11.2. The number of amides is 1. The number of piperazine rings is 1. The first-order valence-corrected chi connectivity index (χ1v) is 15.7. The van der Waals surface area contributed by atoms with E-state index in [1.165, 1.54) is 36.3 Å². The minimum atomic E-state index is -5.22. The van der Waals surface area contributed by atoms with Gasteiger partial charge in [-0.3, -0.25) is 4.79 Å². The van der Waals surface area contributed by atoms with Crippen molar-refractivity contribution in [1.29, 1.82) is 0 Å². The fourth-order valence-corrected chi connectivity index (χ4v) is 6.01. The van der Waals surface area contributed by atoms with Crippen LogP contribution in [0.25, 0.3) is 11.1 Å². The molecule has 0 radical (unpaired) electrons. The van der Waals surface area contributed by atoms with Gasteiger partial charge in [0.05, 0.1) is 23.6 Å². The predicted molar refractivity (Wildman–Crippen MR) is 159 cm³/mol. The number of rotatable bonds is 8. The quantitative estimate of drug-likeness (QED) is 0.276. The molecule has 0 spiro atoms. The lowest BCUT2D eigenvalue weighted by Gasteiger charge is -2.35. The van der Waals surface area contributed by atoms with E-state index in [9.17, 15) is 39.6 Å². The number of nitrogens with zero attached hydrogens (tertiary/aromatic N) is 4. The molecule has 250 valence electrons. The Kier molecular flexibility index (Phi) is 9.56. The van der Waals surface area contributed by atoms with Crippen molar-refractivity contribution in [2.45, 2.75) is 38.9 Å². The highest BCUT2D eigenvalue weighted by Crippen LogP contribution is 2.40. The number of hydrogen-bond donors (Lipinski definition) is 0. The van der Waals surface area contributed by atoms with Crippen molar-refractivity contribution in [3.05, 3.63) is 65.9 Å². The number of hydrogen-bond acceptors (Lipinski definition) is 7. The molecule has 16 heteroatoms. The van der Waals surface area contributed by atoms with E-state index in [0.29, 0.717) is 36.2 Å². The molecule has 1 saturated heterocycles. The van der Waals surface area contributed by atoms with E-state index in [-0.39, 0.29) is 18.7 Å². The molecule has 1 aliphatic rings. The number of sulfonamides is 1. The van der Waals surface area contributed by atoms with Gasteiger partial charge in [-0.2, -0.15) is 4.31 Å². The van der Waals surface area contributed by atoms with Crippen LogP contribution < -0.4 is 19.3 Å². The van der Waals surface area contributed by atoms with Crippen molar-refractivity contribution in [3.63, 3.8) is 0 Å². The van der Waals surface area contributed by atoms with Crippen molar-refractivity contribution < 1.29 is 49.0 Å². The van der Waals surface area contributed by atoms with Crippen molar-refractivity contribution in [1.82, 2.24) is 9.29 Å². The molecule has 0 N–H and O–H groups in total. The van der Waals surface area contributed by atoms with Gasteiger partial charge in [0.25, 0.3) is 0 Å². The van der Waals surface area contributed by atoms with E-state index in [1.807, 2.05) is 30.0 Å². The lowest BCUT2D eigenvalue weighted by atomic mass is 9.82. The number of alkyl halides is 6. The Morgan fingerprint density at radius 1 is 0.870 bits per heavy atom. The summed E-state index contributed by atoms with van der Waals surface area (Å²) in [6.45, 7) is 5.82. The number of likely N-dealkylation sites (N-methyl/N-ethyl adjacent to an activating group) is 1. The molecule has 0 saturated carbocycles. The number of benzene rings is 2. The van der Waals surface area contributed by atoms with Gasteiger partial charge in [-0.1, -0.05) is 24.3 Å². The number of carbonyl (C=O) groups is 1. The van der Waals surface area contributed by atoms with Crippen LogP contribution in [0.1, 0.15) is 25.0 Å². The van der Waals surface area contributed by atoms with Gasteiger partial charge in [0, 0.05) is 44.9 Å². The average molecular weight is 675 g/mol. The highest BCUT2D eigenvalue weighted by molar-refractivity contribution is 7.88. The molecule has 1 fully saturated rings. The maximum Gasteiger partial charge on any atom is 0.573 e. The maximum atomic E-state index is 14.0. The summed E-state index contributed by atoms with van der Waals surface area (Å²) in [4.78, 5) is 21.7. The van der Waals surface area contributed by atoms with Crippen LogP contribution >= 0.6 is 0 Å². The first-order chi connectivity index (χ1) is 21.2. The van der Waals surface area contributed by atoms with E-state index in [0.717, 1.165) is 29.5 Å². The van der Waals surface area contributed by atoms with Crippen LogP contribution in [0.2, 0.25) is 0 Å². The molecule has 1 amide bonds. The monoisotopic (exact) mass is 674 g/mol. The zero-order valence-electron chi connectivity index (χ0n) is 25.5. The van der Waals surface area contributed by atoms with E-state index < -0.39 is 45.6 Å². The topological polar surface area (TPSA) is 92.3 Å². The van der Waals surface area contributed by atoms with Crippen LogP contribution in [-0.2, 0) is 20.2 Å². The van der Waals surface area contributed by atoms with Gasteiger partial charge in [-0.25, -0.2) is 13.4 Å². The molecule has 46 heavy (non-hydrogen) atoms. The van der Waals surface area contributed by atoms with Crippen LogP contribution in [0.15, 0.2) is 54.7 Å². The normalized spacial score (nSPS) is 15.1. The molecule has 0 unspecified atom stereocenters. The molecule has 2 aromatic carbocycles. The largest absolute Gasteiger partial charge is 0.573 e. The third-order valence-electron chi connectivity index (χ3n) is 7.60. The van der Waals surface area contributed by atoms with Gasteiger partial charge >= 0.3 is 12.7 Å². The molecule has 3 aromatic rings. The van der Waals surface area contributed by atoms with Gasteiger partial charge in [-0.15, -0.1) is 26.3 Å². The Labute approximate surface area is 262 Å². The van der Waals surface area contributed by atoms with Crippen molar-refractivity contribution in [2.24, 2.45) is 0 Å². The molecular formula is C30H32F6N4O5S. The van der Waals surface area contributed by atoms with Crippen LogP contribution in [0.4, 0.5) is 37.8 Å². The zero-order chi connectivity index (χ0) is 34.2. The van der Waals surface area contributed by atoms with E-state index >= 15 is 0 Å². The molecule has 1 aromatic heterocycles. The molecule has 0 aliphatic carbocycles. The van der Waals surface area contributed by atoms with Crippen LogP contribution in [-0.4, -0.2) is 75.8 Å². The second-order valence-electron chi connectivity index (χ2n) is 11.3. The third-order valence-corrected chi connectivity index (χ3v) is 8.91. The number of anilines is 2. The zero-order valence-corrected chi connectivity index (χ0v) is 26.3. The van der Waals surface area contributed by atoms with Gasteiger partial charge < -0.3 is 19.3 Å². The lowest BCUT2D eigenvalue weighted by molar-refractivity contribution is -0.276. The smallest absolute Gasteiger partial charge is 0.406 e.